The Kier molecular flexibility index (Phi) is 7.00. The van der Waals surface area contributed by atoms with Gasteiger partial charge >= 0.3 is 0 Å². The van der Waals surface area contributed by atoms with E-state index < -0.39 is 21.4 Å². The lowest BCUT2D eigenvalue weighted by Crippen LogP contribution is -2.39. The number of benzene rings is 1. The second-order valence-corrected chi connectivity index (χ2v) is 11.7. The van der Waals surface area contributed by atoms with E-state index in [1.165, 1.54) is 28.9 Å². The Labute approximate surface area is 210 Å². The first kappa shape index (κ1) is 24.7. The molecule has 1 aromatic carbocycles. The number of rotatable bonds is 7. The SMILES string of the molecule is CC1CCN(S(=O)(=O)c2ccc3[nH]cc(C(=O)N(Cc4ccco4)CC4CCCO4)c(=O)c3c2)CC1. The van der Waals surface area contributed by atoms with Crippen molar-refractivity contribution in [3.63, 3.8) is 0 Å². The van der Waals surface area contributed by atoms with Crippen LogP contribution in [0.1, 0.15) is 48.7 Å². The fourth-order valence-corrected chi connectivity index (χ4v) is 6.40. The van der Waals surface area contributed by atoms with Crippen LogP contribution in [0.3, 0.4) is 0 Å². The van der Waals surface area contributed by atoms with Crippen molar-refractivity contribution in [3.05, 3.63) is 64.3 Å². The van der Waals surface area contributed by atoms with Crippen LogP contribution in [0.15, 0.2) is 56.9 Å². The van der Waals surface area contributed by atoms with Crippen LogP contribution in [0.4, 0.5) is 0 Å². The van der Waals surface area contributed by atoms with Gasteiger partial charge in [-0.1, -0.05) is 6.92 Å². The van der Waals surface area contributed by atoms with Crippen LogP contribution in [0.5, 0.6) is 0 Å². The normalized spacial score (nSPS) is 19.6. The van der Waals surface area contributed by atoms with Crippen LogP contribution >= 0.6 is 0 Å². The smallest absolute Gasteiger partial charge is 0.259 e. The molecule has 0 saturated carbocycles. The Morgan fingerprint density at radius 2 is 2.00 bits per heavy atom. The molecule has 1 atom stereocenters. The van der Waals surface area contributed by atoms with E-state index in [0.717, 1.165) is 25.7 Å². The van der Waals surface area contributed by atoms with Crippen molar-refractivity contribution < 1.29 is 22.4 Å². The molecule has 9 nitrogen and oxygen atoms in total. The zero-order valence-corrected chi connectivity index (χ0v) is 21.1. The van der Waals surface area contributed by atoms with Crippen molar-refractivity contribution in [2.45, 2.75) is 50.2 Å². The maximum atomic E-state index is 13.6. The molecule has 3 aromatic rings. The molecule has 5 rings (SSSR count). The average molecular weight is 514 g/mol. The van der Waals surface area contributed by atoms with E-state index >= 15 is 0 Å². The van der Waals surface area contributed by atoms with Gasteiger partial charge in [0.2, 0.25) is 15.5 Å². The quantitative estimate of drug-likeness (QED) is 0.518. The van der Waals surface area contributed by atoms with Crippen molar-refractivity contribution in [2.24, 2.45) is 5.92 Å². The van der Waals surface area contributed by atoms with Crippen molar-refractivity contribution in [2.75, 3.05) is 26.2 Å². The Morgan fingerprint density at radius 1 is 1.19 bits per heavy atom. The largest absolute Gasteiger partial charge is 0.467 e. The summed E-state index contributed by atoms with van der Waals surface area (Å²) in [5.74, 6) is 0.634. The van der Waals surface area contributed by atoms with Gasteiger partial charge in [-0.05, 0) is 61.9 Å². The summed E-state index contributed by atoms with van der Waals surface area (Å²) in [7, 11) is -3.74. The van der Waals surface area contributed by atoms with Gasteiger partial charge in [0.05, 0.1) is 23.8 Å². The molecule has 2 aliphatic heterocycles. The minimum Gasteiger partial charge on any atom is -0.467 e. The minimum absolute atomic E-state index is 0.0478. The highest BCUT2D eigenvalue weighted by molar-refractivity contribution is 7.89. The van der Waals surface area contributed by atoms with E-state index in [1.54, 1.807) is 23.1 Å². The Balaban J connectivity index is 1.47. The van der Waals surface area contributed by atoms with E-state index in [1.807, 2.05) is 0 Å². The number of amides is 1. The van der Waals surface area contributed by atoms with E-state index in [4.69, 9.17) is 9.15 Å². The Morgan fingerprint density at radius 3 is 2.69 bits per heavy atom. The number of carbonyl (C=O) groups excluding carboxylic acids is 1. The molecule has 10 heteroatoms. The summed E-state index contributed by atoms with van der Waals surface area (Å²) in [6.45, 7) is 4.22. The Bertz CT molecular complexity index is 1380. The minimum atomic E-state index is -3.74. The maximum Gasteiger partial charge on any atom is 0.259 e. The number of sulfonamides is 1. The monoisotopic (exact) mass is 513 g/mol. The van der Waals surface area contributed by atoms with Gasteiger partial charge in [0.15, 0.2) is 0 Å². The summed E-state index contributed by atoms with van der Waals surface area (Å²) in [6.07, 6.45) is 6.22. The third-order valence-electron chi connectivity index (χ3n) is 7.13. The van der Waals surface area contributed by atoms with Crippen LogP contribution < -0.4 is 5.43 Å². The molecule has 2 aliphatic rings. The molecule has 0 spiro atoms. The number of fused-ring (bicyclic) bond motifs is 1. The molecule has 2 saturated heterocycles. The summed E-state index contributed by atoms with van der Waals surface area (Å²) in [4.78, 5) is 31.7. The number of hydrogen-bond acceptors (Lipinski definition) is 6. The number of ether oxygens (including phenoxy) is 1. The molecule has 0 radical (unpaired) electrons. The van der Waals surface area contributed by atoms with Gasteiger partial charge < -0.3 is 19.0 Å². The summed E-state index contributed by atoms with van der Waals surface area (Å²) in [6, 6.07) is 8.00. The predicted molar refractivity (Wildman–Crippen MR) is 134 cm³/mol. The first-order valence-corrected chi connectivity index (χ1v) is 13.9. The van der Waals surface area contributed by atoms with Gasteiger partial charge in [-0.15, -0.1) is 0 Å². The second kappa shape index (κ2) is 10.2. The van der Waals surface area contributed by atoms with Gasteiger partial charge in [0.25, 0.3) is 5.91 Å². The summed E-state index contributed by atoms with van der Waals surface area (Å²) >= 11 is 0. The number of piperidine rings is 1. The fraction of sp³-hybridized carbons (Fsp3) is 0.462. The lowest BCUT2D eigenvalue weighted by molar-refractivity contribution is 0.0490. The first-order chi connectivity index (χ1) is 17.3. The zero-order valence-electron chi connectivity index (χ0n) is 20.3. The standard InChI is InChI=1S/C26H31N3O6S/c1-18-8-10-29(11-9-18)36(32,33)21-6-7-24-22(14-21)25(30)23(15-27-24)26(31)28(16-19-4-2-12-34-19)17-20-5-3-13-35-20/h2,4,6-7,12,14-15,18,20H,3,5,8-11,13,16-17H2,1H3,(H,27,30). The molecule has 1 unspecified atom stereocenters. The Hall–Kier alpha value is -2.95. The number of H-pyrrole nitrogens is 1. The van der Waals surface area contributed by atoms with Crippen molar-refractivity contribution >= 4 is 26.8 Å². The lowest BCUT2D eigenvalue weighted by Gasteiger charge is -2.29. The van der Waals surface area contributed by atoms with Crippen molar-refractivity contribution in [1.82, 2.24) is 14.2 Å². The third kappa shape index (κ3) is 4.98. The predicted octanol–water partition coefficient (Wildman–Crippen LogP) is 3.36. The van der Waals surface area contributed by atoms with Crippen LogP contribution in [0.25, 0.3) is 10.9 Å². The summed E-state index contributed by atoms with van der Waals surface area (Å²) in [5, 5.41) is 0.169. The maximum absolute atomic E-state index is 13.6. The summed E-state index contributed by atoms with van der Waals surface area (Å²) in [5.41, 5.74) is -0.0808. The first-order valence-electron chi connectivity index (χ1n) is 12.4. The molecule has 2 fully saturated rings. The van der Waals surface area contributed by atoms with Crippen LogP contribution in [0.2, 0.25) is 0 Å². The number of nitrogens with zero attached hydrogens (tertiary/aromatic N) is 2. The van der Waals surface area contributed by atoms with Gasteiger partial charge in [-0.2, -0.15) is 4.31 Å². The number of aromatic amines is 1. The molecule has 2 aromatic heterocycles. The van der Waals surface area contributed by atoms with E-state index in [2.05, 4.69) is 11.9 Å². The number of furan rings is 1. The highest BCUT2D eigenvalue weighted by atomic mass is 32.2. The van der Waals surface area contributed by atoms with E-state index in [9.17, 15) is 18.0 Å². The van der Waals surface area contributed by atoms with Crippen LogP contribution in [-0.2, 0) is 21.3 Å². The second-order valence-electron chi connectivity index (χ2n) is 9.73. The molecular formula is C26H31N3O6S. The van der Waals surface area contributed by atoms with Crippen molar-refractivity contribution in [3.8, 4) is 0 Å². The van der Waals surface area contributed by atoms with E-state index in [-0.39, 0.29) is 28.5 Å². The number of carbonyl (C=O) groups is 1. The van der Waals surface area contributed by atoms with Crippen molar-refractivity contribution in [1.29, 1.82) is 0 Å². The molecule has 0 bridgehead atoms. The zero-order chi connectivity index (χ0) is 25.3. The highest BCUT2D eigenvalue weighted by Crippen LogP contribution is 2.25. The molecular weight excluding hydrogens is 482 g/mol. The number of pyridine rings is 1. The topological polar surface area (TPSA) is 113 Å². The van der Waals surface area contributed by atoms with E-state index in [0.29, 0.717) is 43.4 Å². The van der Waals surface area contributed by atoms with Crippen LogP contribution in [-0.4, -0.2) is 60.9 Å². The number of hydrogen-bond donors (Lipinski definition) is 1. The lowest BCUT2D eigenvalue weighted by atomic mass is 10.0. The number of nitrogens with one attached hydrogen (secondary N) is 1. The van der Waals surface area contributed by atoms with Gasteiger partial charge in [0.1, 0.15) is 11.3 Å². The van der Waals surface area contributed by atoms with Gasteiger partial charge in [-0.25, -0.2) is 8.42 Å². The van der Waals surface area contributed by atoms with Crippen LogP contribution in [0, 0.1) is 5.92 Å². The molecule has 1 N–H and O–H groups in total. The third-order valence-corrected chi connectivity index (χ3v) is 9.02. The molecule has 192 valence electrons. The fourth-order valence-electron chi connectivity index (χ4n) is 4.91. The molecule has 36 heavy (non-hydrogen) atoms. The average Bonchev–Trinajstić information content (AvgIpc) is 3.58. The number of aromatic nitrogens is 1. The summed E-state index contributed by atoms with van der Waals surface area (Å²) < 4.78 is 39.2. The highest BCUT2D eigenvalue weighted by Gasteiger charge is 2.30. The van der Waals surface area contributed by atoms with Gasteiger partial charge in [0, 0.05) is 43.3 Å². The van der Waals surface area contributed by atoms with Gasteiger partial charge in [-0.3, -0.25) is 9.59 Å². The molecule has 1 amide bonds. The molecule has 4 heterocycles. The molecule has 0 aliphatic carbocycles.